The van der Waals surface area contributed by atoms with Crippen LogP contribution < -0.4 is 16.0 Å². The third-order valence-corrected chi connectivity index (χ3v) is 4.71. The molecule has 3 amide bonds. The molecule has 1 aromatic rings. The number of rotatable bonds is 7. The van der Waals surface area contributed by atoms with Gasteiger partial charge in [-0.1, -0.05) is 13.8 Å². The zero-order chi connectivity index (χ0) is 17.4. The molecule has 0 aliphatic heterocycles. The number of carbonyl (C=O) groups is 2. The number of aryl methyl sites for hydroxylation is 1. The Bertz CT molecular complexity index is 549. The lowest BCUT2D eigenvalue weighted by Gasteiger charge is -2.16. The molecule has 128 valence electrons. The standard InChI is InChI=1S/C17H27N3O2S/c1-6-12(4)23-14-8-9-15(11(3)10-14)20-17(22)19-13(5)16(21)18-7-2/h8-10,12-13H,6-7H2,1-5H3,(H,18,21)(H2,19,20,22)/t12-,13+/m0/s1. The van der Waals surface area contributed by atoms with Gasteiger partial charge in [-0.15, -0.1) is 11.8 Å². The van der Waals surface area contributed by atoms with Gasteiger partial charge in [0, 0.05) is 22.4 Å². The number of hydrogen-bond acceptors (Lipinski definition) is 3. The fourth-order valence-corrected chi connectivity index (χ4v) is 2.94. The van der Waals surface area contributed by atoms with E-state index in [1.165, 1.54) is 4.90 Å². The van der Waals surface area contributed by atoms with Crippen molar-refractivity contribution in [3.05, 3.63) is 23.8 Å². The van der Waals surface area contributed by atoms with E-state index in [2.05, 4.69) is 35.9 Å². The van der Waals surface area contributed by atoms with Crippen LogP contribution in [0.2, 0.25) is 0 Å². The Labute approximate surface area is 143 Å². The number of anilines is 1. The van der Waals surface area contributed by atoms with Crippen LogP contribution in [0.3, 0.4) is 0 Å². The van der Waals surface area contributed by atoms with Gasteiger partial charge in [0.15, 0.2) is 0 Å². The molecule has 5 nitrogen and oxygen atoms in total. The highest BCUT2D eigenvalue weighted by atomic mass is 32.2. The highest BCUT2D eigenvalue weighted by Gasteiger charge is 2.15. The zero-order valence-electron chi connectivity index (χ0n) is 14.5. The maximum Gasteiger partial charge on any atom is 0.319 e. The van der Waals surface area contributed by atoms with Crippen LogP contribution in [0.4, 0.5) is 10.5 Å². The lowest BCUT2D eigenvalue weighted by atomic mass is 10.2. The summed E-state index contributed by atoms with van der Waals surface area (Å²) >= 11 is 1.82. The number of urea groups is 1. The fourth-order valence-electron chi connectivity index (χ4n) is 1.91. The summed E-state index contributed by atoms with van der Waals surface area (Å²) in [6, 6.07) is 5.02. The fraction of sp³-hybridized carbons (Fsp3) is 0.529. The minimum absolute atomic E-state index is 0.195. The molecule has 0 radical (unpaired) electrons. The normalized spacial score (nSPS) is 13.1. The van der Waals surface area contributed by atoms with Gasteiger partial charge in [0.25, 0.3) is 0 Å². The quantitative estimate of drug-likeness (QED) is 0.667. The highest BCUT2D eigenvalue weighted by Crippen LogP contribution is 2.28. The number of nitrogens with one attached hydrogen (secondary N) is 3. The molecule has 1 rings (SSSR count). The van der Waals surface area contributed by atoms with Crippen LogP contribution in [0.25, 0.3) is 0 Å². The first-order valence-electron chi connectivity index (χ1n) is 7.99. The second kappa shape index (κ2) is 9.45. The van der Waals surface area contributed by atoms with E-state index >= 15 is 0 Å². The van der Waals surface area contributed by atoms with E-state index in [4.69, 9.17) is 0 Å². The van der Waals surface area contributed by atoms with Crippen LogP contribution in [0.15, 0.2) is 23.1 Å². The Kier molecular flexibility index (Phi) is 7.95. The van der Waals surface area contributed by atoms with Gasteiger partial charge in [0.05, 0.1) is 0 Å². The molecule has 23 heavy (non-hydrogen) atoms. The van der Waals surface area contributed by atoms with E-state index in [1.54, 1.807) is 6.92 Å². The summed E-state index contributed by atoms with van der Waals surface area (Å²) in [5.41, 5.74) is 1.75. The molecule has 0 bridgehead atoms. The number of hydrogen-bond donors (Lipinski definition) is 3. The molecule has 6 heteroatoms. The van der Waals surface area contributed by atoms with Crippen LogP contribution in [0.5, 0.6) is 0 Å². The molecular weight excluding hydrogens is 310 g/mol. The Morgan fingerprint density at radius 3 is 2.48 bits per heavy atom. The molecule has 0 saturated carbocycles. The first-order chi connectivity index (χ1) is 10.9. The van der Waals surface area contributed by atoms with Crippen LogP contribution in [0.1, 0.15) is 39.7 Å². The average Bonchev–Trinajstić information content (AvgIpc) is 2.50. The Morgan fingerprint density at radius 2 is 1.91 bits per heavy atom. The smallest absolute Gasteiger partial charge is 0.319 e. The van der Waals surface area contributed by atoms with E-state index in [0.29, 0.717) is 11.8 Å². The van der Waals surface area contributed by atoms with Crippen molar-refractivity contribution in [3.63, 3.8) is 0 Å². The molecule has 0 aromatic heterocycles. The molecule has 0 heterocycles. The summed E-state index contributed by atoms with van der Waals surface area (Å²) in [5, 5.41) is 8.66. The Morgan fingerprint density at radius 1 is 1.22 bits per heavy atom. The van der Waals surface area contributed by atoms with Gasteiger partial charge >= 0.3 is 6.03 Å². The van der Waals surface area contributed by atoms with E-state index in [-0.39, 0.29) is 11.9 Å². The Hall–Kier alpha value is -1.69. The van der Waals surface area contributed by atoms with E-state index in [1.807, 2.05) is 37.7 Å². The molecule has 0 unspecified atom stereocenters. The largest absolute Gasteiger partial charge is 0.355 e. The first kappa shape index (κ1) is 19.4. The van der Waals surface area contributed by atoms with Gasteiger partial charge < -0.3 is 16.0 Å². The summed E-state index contributed by atoms with van der Waals surface area (Å²) in [7, 11) is 0. The minimum Gasteiger partial charge on any atom is -0.355 e. The topological polar surface area (TPSA) is 70.2 Å². The summed E-state index contributed by atoms with van der Waals surface area (Å²) in [6.45, 7) is 10.4. The number of likely N-dealkylation sites (N-methyl/N-ethyl adjacent to an activating group) is 1. The van der Waals surface area contributed by atoms with Crippen LogP contribution in [0, 0.1) is 6.92 Å². The third kappa shape index (κ3) is 6.52. The summed E-state index contributed by atoms with van der Waals surface area (Å²) in [6.07, 6.45) is 1.11. The lowest BCUT2D eigenvalue weighted by molar-refractivity contribution is -0.122. The Balaban J connectivity index is 2.63. The van der Waals surface area contributed by atoms with E-state index in [0.717, 1.165) is 17.7 Å². The van der Waals surface area contributed by atoms with Crippen LogP contribution in [-0.2, 0) is 4.79 Å². The summed E-state index contributed by atoms with van der Waals surface area (Å²) in [5.74, 6) is -0.195. The number of thioether (sulfide) groups is 1. The summed E-state index contributed by atoms with van der Waals surface area (Å²) < 4.78 is 0. The lowest BCUT2D eigenvalue weighted by Crippen LogP contribution is -2.46. The highest BCUT2D eigenvalue weighted by molar-refractivity contribution is 7.99. The number of carbonyl (C=O) groups excluding carboxylic acids is 2. The molecule has 1 aromatic carbocycles. The van der Waals surface area contributed by atoms with Gasteiger partial charge in [-0.05, 0) is 51.0 Å². The average molecular weight is 337 g/mol. The predicted molar refractivity (Wildman–Crippen MR) is 97.1 cm³/mol. The van der Waals surface area contributed by atoms with Crippen molar-refractivity contribution in [1.82, 2.24) is 10.6 Å². The van der Waals surface area contributed by atoms with Crippen LogP contribution in [-0.4, -0.2) is 29.8 Å². The molecule has 0 fully saturated rings. The van der Waals surface area contributed by atoms with Crippen molar-refractivity contribution < 1.29 is 9.59 Å². The monoisotopic (exact) mass is 337 g/mol. The van der Waals surface area contributed by atoms with E-state index < -0.39 is 6.04 Å². The van der Waals surface area contributed by atoms with Gasteiger partial charge in [-0.2, -0.15) is 0 Å². The first-order valence-corrected chi connectivity index (χ1v) is 8.87. The van der Waals surface area contributed by atoms with Crippen molar-refractivity contribution in [3.8, 4) is 0 Å². The third-order valence-electron chi connectivity index (χ3n) is 3.45. The van der Waals surface area contributed by atoms with Crippen molar-refractivity contribution in [2.24, 2.45) is 0 Å². The van der Waals surface area contributed by atoms with Gasteiger partial charge in [0.1, 0.15) is 6.04 Å². The maximum absolute atomic E-state index is 12.0. The second-order valence-corrected chi connectivity index (χ2v) is 7.04. The van der Waals surface area contributed by atoms with Gasteiger partial charge in [-0.3, -0.25) is 4.79 Å². The van der Waals surface area contributed by atoms with Crippen LogP contribution >= 0.6 is 11.8 Å². The van der Waals surface area contributed by atoms with Gasteiger partial charge in [0.2, 0.25) is 5.91 Å². The molecule has 0 saturated heterocycles. The molecule has 0 spiro atoms. The predicted octanol–water partition coefficient (Wildman–Crippen LogP) is 3.53. The SMILES string of the molecule is CCNC(=O)[C@@H](C)NC(=O)Nc1ccc(S[C@@H](C)CC)cc1C. The molecule has 2 atom stereocenters. The van der Waals surface area contributed by atoms with E-state index in [9.17, 15) is 9.59 Å². The molecule has 0 aliphatic carbocycles. The maximum atomic E-state index is 12.0. The van der Waals surface area contributed by atoms with Crippen molar-refractivity contribution in [2.45, 2.75) is 57.2 Å². The second-order valence-electron chi connectivity index (χ2n) is 5.53. The van der Waals surface area contributed by atoms with Crippen molar-refractivity contribution >= 4 is 29.4 Å². The summed E-state index contributed by atoms with van der Waals surface area (Å²) in [4.78, 5) is 24.8. The molecular formula is C17H27N3O2S. The number of benzene rings is 1. The molecule has 3 N–H and O–H groups in total. The number of amides is 3. The van der Waals surface area contributed by atoms with Gasteiger partial charge in [-0.25, -0.2) is 4.79 Å². The van der Waals surface area contributed by atoms with Crippen molar-refractivity contribution in [1.29, 1.82) is 0 Å². The minimum atomic E-state index is -0.574. The molecule has 0 aliphatic rings. The van der Waals surface area contributed by atoms with Crippen molar-refractivity contribution in [2.75, 3.05) is 11.9 Å². The zero-order valence-corrected chi connectivity index (χ0v) is 15.3.